The minimum absolute atomic E-state index is 0.0171. The highest BCUT2D eigenvalue weighted by atomic mass is 19.4. The number of nitrogens with one attached hydrogen (secondary N) is 1. The first-order valence-electron chi connectivity index (χ1n) is 12.2. The molecule has 3 aromatic rings. The van der Waals surface area contributed by atoms with Crippen LogP contribution >= 0.6 is 0 Å². The average Bonchev–Trinajstić information content (AvgIpc) is 3.05. The van der Waals surface area contributed by atoms with Crippen LogP contribution in [0.3, 0.4) is 0 Å². The Balaban J connectivity index is 1.27. The summed E-state index contributed by atoms with van der Waals surface area (Å²) in [5.41, 5.74) is 2.90. The van der Waals surface area contributed by atoms with Gasteiger partial charge in [-0.2, -0.15) is 18.3 Å². The van der Waals surface area contributed by atoms with Crippen molar-refractivity contribution in [3.05, 3.63) is 71.2 Å². The van der Waals surface area contributed by atoms with Crippen molar-refractivity contribution in [1.82, 2.24) is 20.1 Å². The Hall–Kier alpha value is -3.36. The third-order valence-electron chi connectivity index (χ3n) is 6.88. The van der Waals surface area contributed by atoms with Crippen LogP contribution in [0.15, 0.2) is 48.7 Å². The third kappa shape index (κ3) is 5.04. The molecule has 3 heterocycles. The van der Waals surface area contributed by atoms with Crippen LogP contribution < -0.4 is 10.2 Å². The summed E-state index contributed by atoms with van der Waals surface area (Å²) in [7, 11) is 0. The van der Waals surface area contributed by atoms with Crippen molar-refractivity contribution >= 4 is 11.7 Å². The van der Waals surface area contributed by atoms with Crippen molar-refractivity contribution in [2.75, 3.05) is 18.0 Å². The van der Waals surface area contributed by atoms with Crippen LogP contribution in [-0.4, -0.2) is 39.8 Å². The summed E-state index contributed by atoms with van der Waals surface area (Å²) in [4.78, 5) is 19.3. The number of nitrogens with zero attached hydrogens (tertiary/aromatic N) is 4. The van der Waals surface area contributed by atoms with Gasteiger partial charge in [0.15, 0.2) is 5.69 Å². The summed E-state index contributed by atoms with van der Waals surface area (Å²) in [5.74, 6) is 0.374. The van der Waals surface area contributed by atoms with Crippen molar-refractivity contribution in [2.24, 2.45) is 0 Å². The van der Waals surface area contributed by atoms with E-state index in [1.165, 1.54) is 6.07 Å². The molecular weight excluding hydrogens is 455 g/mol. The minimum Gasteiger partial charge on any atom is -0.356 e. The molecule has 2 aromatic heterocycles. The Morgan fingerprint density at radius 2 is 1.71 bits per heavy atom. The standard InChI is InChI=1S/C26H28F3N5O/c27-26(28,29)18-11-12-23(30-17-18)33-15-13-19(14-16-33)31-25(35)24-21-9-5-2-6-10-22(21)34(32-24)20-7-3-1-4-8-20/h1,3-4,7-8,11-12,17,19H,2,5-6,9-10,13-16H2,(H,31,35). The fraction of sp³-hybridized carbons (Fsp3) is 0.423. The zero-order valence-corrected chi connectivity index (χ0v) is 19.4. The van der Waals surface area contributed by atoms with E-state index < -0.39 is 11.7 Å². The Morgan fingerprint density at radius 1 is 0.971 bits per heavy atom. The average molecular weight is 484 g/mol. The quantitative estimate of drug-likeness (QED) is 0.533. The molecule has 0 saturated carbocycles. The van der Waals surface area contributed by atoms with Crippen LogP contribution in [0.1, 0.15) is 59.4 Å². The molecule has 0 bridgehead atoms. The zero-order chi connectivity index (χ0) is 24.4. The summed E-state index contributed by atoms with van der Waals surface area (Å²) in [6, 6.07) is 12.4. The summed E-state index contributed by atoms with van der Waals surface area (Å²) in [5, 5.41) is 7.91. The van der Waals surface area contributed by atoms with Crippen LogP contribution in [0.25, 0.3) is 5.69 Å². The number of hydrogen-bond donors (Lipinski definition) is 1. The summed E-state index contributed by atoms with van der Waals surface area (Å²) in [6.45, 7) is 1.22. The summed E-state index contributed by atoms with van der Waals surface area (Å²) < 4.78 is 40.3. The topological polar surface area (TPSA) is 63.1 Å². The van der Waals surface area contributed by atoms with Crippen molar-refractivity contribution in [3.63, 3.8) is 0 Å². The monoisotopic (exact) mass is 483 g/mol. The summed E-state index contributed by atoms with van der Waals surface area (Å²) >= 11 is 0. The van der Waals surface area contributed by atoms with E-state index >= 15 is 0 Å². The van der Waals surface area contributed by atoms with Gasteiger partial charge in [-0.25, -0.2) is 9.67 Å². The van der Waals surface area contributed by atoms with Gasteiger partial charge in [-0.15, -0.1) is 0 Å². The fourth-order valence-corrected chi connectivity index (χ4v) is 4.99. The first kappa shape index (κ1) is 23.4. The maximum Gasteiger partial charge on any atom is 0.417 e. The second-order valence-corrected chi connectivity index (χ2v) is 9.22. The molecule has 0 atom stereocenters. The third-order valence-corrected chi connectivity index (χ3v) is 6.88. The second-order valence-electron chi connectivity index (χ2n) is 9.22. The minimum atomic E-state index is -4.39. The van der Waals surface area contributed by atoms with E-state index in [0.717, 1.165) is 61.3 Å². The first-order valence-corrected chi connectivity index (χ1v) is 12.2. The number of amides is 1. The van der Waals surface area contributed by atoms with Gasteiger partial charge in [0.2, 0.25) is 0 Å². The number of piperidine rings is 1. The molecule has 1 amide bonds. The van der Waals surface area contributed by atoms with Crippen LogP contribution in [0, 0.1) is 0 Å². The van der Waals surface area contributed by atoms with Crippen molar-refractivity contribution in [3.8, 4) is 5.69 Å². The lowest BCUT2D eigenvalue weighted by Crippen LogP contribution is -2.45. The van der Waals surface area contributed by atoms with Crippen molar-refractivity contribution < 1.29 is 18.0 Å². The number of benzene rings is 1. The second kappa shape index (κ2) is 9.71. The molecule has 1 fully saturated rings. The van der Waals surface area contributed by atoms with Gasteiger partial charge in [-0.05, 0) is 62.8 Å². The molecule has 2 aliphatic rings. The van der Waals surface area contributed by atoms with Gasteiger partial charge >= 0.3 is 6.18 Å². The molecule has 1 saturated heterocycles. The van der Waals surface area contributed by atoms with Crippen LogP contribution in [0.5, 0.6) is 0 Å². The number of anilines is 1. The highest BCUT2D eigenvalue weighted by Gasteiger charge is 2.31. The van der Waals surface area contributed by atoms with E-state index in [9.17, 15) is 18.0 Å². The predicted octanol–water partition coefficient (Wildman–Crippen LogP) is 4.95. The maximum atomic E-state index is 13.3. The molecule has 35 heavy (non-hydrogen) atoms. The van der Waals surface area contributed by atoms with Crippen LogP contribution in [-0.2, 0) is 19.0 Å². The number of halogens is 3. The van der Waals surface area contributed by atoms with Gasteiger partial charge < -0.3 is 10.2 Å². The Kier molecular flexibility index (Phi) is 6.49. The Bertz CT molecular complexity index is 1170. The number of hydrogen-bond acceptors (Lipinski definition) is 4. The van der Waals surface area contributed by atoms with Gasteiger partial charge in [0.1, 0.15) is 5.82 Å². The normalized spacial score (nSPS) is 17.1. The molecule has 9 heteroatoms. The Morgan fingerprint density at radius 3 is 2.40 bits per heavy atom. The molecule has 1 N–H and O–H groups in total. The molecule has 0 unspecified atom stereocenters. The van der Waals surface area contributed by atoms with Gasteiger partial charge in [-0.3, -0.25) is 4.79 Å². The first-order chi connectivity index (χ1) is 16.9. The Labute approximate surface area is 202 Å². The van der Waals surface area contributed by atoms with E-state index in [4.69, 9.17) is 5.10 Å². The van der Waals surface area contributed by atoms with Gasteiger partial charge in [-0.1, -0.05) is 24.6 Å². The van der Waals surface area contributed by atoms with E-state index in [1.807, 2.05) is 39.9 Å². The lowest BCUT2D eigenvalue weighted by molar-refractivity contribution is -0.137. The molecule has 1 aromatic carbocycles. The zero-order valence-electron chi connectivity index (χ0n) is 19.4. The number of rotatable bonds is 4. The molecule has 5 rings (SSSR count). The number of para-hydroxylation sites is 1. The predicted molar refractivity (Wildman–Crippen MR) is 127 cm³/mol. The van der Waals surface area contributed by atoms with E-state index in [1.54, 1.807) is 0 Å². The van der Waals surface area contributed by atoms with Gasteiger partial charge in [0.05, 0.1) is 11.3 Å². The number of carbonyl (C=O) groups excluding carboxylic acids is 1. The summed E-state index contributed by atoms with van der Waals surface area (Å²) in [6.07, 6.45) is 2.89. The largest absolute Gasteiger partial charge is 0.417 e. The number of alkyl halides is 3. The molecular formula is C26H28F3N5O. The fourth-order valence-electron chi connectivity index (χ4n) is 4.99. The molecule has 184 valence electrons. The molecule has 1 aliphatic carbocycles. The van der Waals surface area contributed by atoms with Crippen molar-refractivity contribution in [1.29, 1.82) is 0 Å². The lowest BCUT2D eigenvalue weighted by Gasteiger charge is -2.33. The van der Waals surface area contributed by atoms with Crippen LogP contribution in [0.2, 0.25) is 0 Å². The number of carbonyl (C=O) groups is 1. The van der Waals surface area contributed by atoms with E-state index in [-0.39, 0.29) is 11.9 Å². The highest BCUT2D eigenvalue weighted by Crippen LogP contribution is 2.30. The molecule has 1 aliphatic heterocycles. The molecule has 6 nitrogen and oxygen atoms in total. The number of aromatic nitrogens is 3. The lowest BCUT2D eigenvalue weighted by atomic mass is 10.0. The highest BCUT2D eigenvalue weighted by molar-refractivity contribution is 5.94. The van der Waals surface area contributed by atoms with E-state index in [2.05, 4.69) is 10.3 Å². The van der Waals surface area contributed by atoms with Crippen molar-refractivity contribution in [2.45, 2.75) is 57.2 Å². The SMILES string of the molecule is O=C(NC1CCN(c2ccc(C(F)(F)F)cn2)CC1)c1nn(-c2ccccc2)c2c1CCCCC2. The maximum absolute atomic E-state index is 13.3. The van der Waals surface area contributed by atoms with Crippen LogP contribution in [0.4, 0.5) is 19.0 Å². The molecule has 0 spiro atoms. The van der Waals surface area contributed by atoms with E-state index in [0.29, 0.717) is 37.4 Å². The number of fused-ring (bicyclic) bond motifs is 1. The smallest absolute Gasteiger partial charge is 0.356 e. The number of pyridine rings is 1. The van der Waals surface area contributed by atoms with Gasteiger partial charge in [0.25, 0.3) is 5.91 Å². The van der Waals surface area contributed by atoms with Gasteiger partial charge in [0, 0.05) is 36.6 Å². The molecule has 0 radical (unpaired) electrons.